The number of hydrogen-bond acceptors (Lipinski definition) is 4. The average molecular weight is 339 g/mol. The van der Waals surface area contributed by atoms with Crippen molar-refractivity contribution >= 4 is 17.2 Å². The molecule has 0 fully saturated rings. The smallest absolute Gasteiger partial charge is 0.253 e. The Kier molecular flexibility index (Phi) is 4.86. The second-order valence-electron chi connectivity index (χ2n) is 5.43. The third-order valence-corrected chi connectivity index (χ3v) is 4.58. The second-order valence-corrected chi connectivity index (χ2v) is 6.46. The van der Waals surface area contributed by atoms with Gasteiger partial charge in [-0.15, -0.1) is 11.3 Å². The molecule has 0 radical (unpaired) electrons. The van der Waals surface area contributed by atoms with Gasteiger partial charge in [0.1, 0.15) is 0 Å². The number of nitrogens with zero attached hydrogens (tertiary/aromatic N) is 2. The van der Waals surface area contributed by atoms with Crippen LogP contribution in [0.15, 0.2) is 65.0 Å². The zero-order valence-electron chi connectivity index (χ0n) is 13.2. The summed E-state index contributed by atoms with van der Waals surface area (Å²) in [5.41, 5.74) is 1.11. The van der Waals surface area contributed by atoms with E-state index in [-0.39, 0.29) is 17.5 Å². The van der Waals surface area contributed by atoms with E-state index in [9.17, 15) is 9.59 Å². The molecule has 24 heavy (non-hydrogen) atoms. The van der Waals surface area contributed by atoms with Gasteiger partial charge in [0.15, 0.2) is 0 Å². The largest absolute Gasteiger partial charge is 0.343 e. The van der Waals surface area contributed by atoms with E-state index in [1.54, 1.807) is 24.6 Å². The van der Waals surface area contributed by atoms with Crippen LogP contribution in [-0.4, -0.2) is 15.5 Å². The summed E-state index contributed by atoms with van der Waals surface area (Å²) in [7, 11) is 1.63. The minimum atomic E-state index is -0.227. The Morgan fingerprint density at radius 1 is 1.25 bits per heavy atom. The van der Waals surface area contributed by atoms with E-state index in [0.29, 0.717) is 12.0 Å². The summed E-state index contributed by atoms with van der Waals surface area (Å²) < 4.78 is 1.39. The van der Waals surface area contributed by atoms with Crippen molar-refractivity contribution in [2.24, 2.45) is 7.05 Å². The van der Waals surface area contributed by atoms with Gasteiger partial charge >= 0.3 is 0 Å². The molecule has 0 aliphatic rings. The van der Waals surface area contributed by atoms with E-state index in [1.807, 2.05) is 35.7 Å². The first kappa shape index (κ1) is 16.1. The van der Waals surface area contributed by atoms with Crippen molar-refractivity contribution in [2.45, 2.75) is 12.5 Å². The number of aromatic nitrogens is 2. The van der Waals surface area contributed by atoms with Crippen LogP contribution in [0.25, 0.3) is 0 Å². The first-order valence-electron chi connectivity index (χ1n) is 7.54. The number of aryl methyl sites for hydroxylation is 1. The van der Waals surface area contributed by atoms with Gasteiger partial charge in [-0.25, -0.2) is 0 Å². The van der Waals surface area contributed by atoms with Gasteiger partial charge in [-0.1, -0.05) is 12.1 Å². The van der Waals surface area contributed by atoms with E-state index < -0.39 is 0 Å². The van der Waals surface area contributed by atoms with Crippen molar-refractivity contribution in [3.8, 4) is 0 Å². The Morgan fingerprint density at radius 3 is 2.79 bits per heavy atom. The maximum atomic E-state index is 12.6. The molecule has 5 nitrogen and oxygen atoms in total. The zero-order chi connectivity index (χ0) is 16.9. The molecular formula is C18H17N3O2S. The normalized spacial score (nSPS) is 11.9. The molecule has 0 saturated heterocycles. The number of hydrogen-bond donors (Lipinski definition) is 1. The molecular weight excluding hydrogens is 322 g/mol. The highest BCUT2D eigenvalue weighted by Crippen LogP contribution is 2.20. The maximum Gasteiger partial charge on any atom is 0.253 e. The Bertz CT molecular complexity index is 873. The minimum absolute atomic E-state index is 0.147. The number of nitrogens with one attached hydrogen (secondary N) is 1. The number of amides is 1. The molecule has 0 spiro atoms. The lowest BCUT2D eigenvalue weighted by atomic mass is 10.1. The number of thiophene rings is 1. The van der Waals surface area contributed by atoms with Crippen molar-refractivity contribution in [1.29, 1.82) is 0 Å². The summed E-state index contributed by atoms with van der Waals surface area (Å²) in [6, 6.07) is 12.4. The number of pyridine rings is 2. The van der Waals surface area contributed by atoms with Crippen LogP contribution >= 0.6 is 11.3 Å². The van der Waals surface area contributed by atoms with Crippen molar-refractivity contribution in [1.82, 2.24) is 14.9 Å². The molecule has 3 aromatic heterocycles. The summed E-state index contributed by atoms with van der Waals surface area (Å²) in [5.74, 6) is -0.224. The highest BCUT2D eigenvalue weighted by atomic mass is 32.1. The number of rotatable bonds is 5. The van der Waals surface area contributed by atoms with Crippen LogP contribution < -0.4 is 10.9 Å². The summed E-state index contributed by atoms with van der Waals surface area (Å²) in [4.78, 5) is 29.6. The van der Waals surface area contributed by atoms with Gasteiger partial charge in [-0.3, -0.25) is 14.6 Å². The van der Waals surface area contributed by atoms with Crippen molar-refractivity contribution in [3.63, 3.8) is 0 Å². The van der Waals surface area contributed by atoms with Crippen LogP contribution in [-0.2, 0) is 13.5 Å². The van der Waals surface area contributed by atoms with Gasteiger partial charge in [-0.05, 0) is 29.6 Å². The zero-order valence-corrected chi connectivity index (χ0v) is 14.0. The van der Waals surface area contributed by atoms with Crippen LogP contribution in [0.4, 0.5) is 0 Å². The molecule has 0 aromatic carbocycles. The van der Waals surface area contributed by atoms with Gasteiger partial charge in [0, 0.05) is 36.8 Å². The maximum absolute atomic E-state index is 12.6. The quantitative estimate of drug-likeness (QED) is 0.777. The minimum Gasteiger partial charge on any atom is -0.343 e. The topological polar surface area (TPSA) is 64.0 Å². The molecule has 3 rings (SSSR count). The molecule has 1 N–H and O–H groups in total. The van der Waals surface area contributed by atoms with E-state index in [4.69, 9.17) is 0 Å². The van der Waals surface area contributed by atoms with Crippen LogP contribution in [0.3, 0.4) is 0 Å². The molecule has 1 atom stereocenters. The predicted molar refractivity (Wildman–Crippen MR) is 94.2 cm³/mol. The van der Waals surface area contributed by atoms with Crippen LogP contribution in [0.1, 0.15) is 27.0 Å². The molecule has 0 bridgehead atoms. The van der Waals surface area contributed by atoms with E-state index in [1.165, 1.54) is 27.8 Å². The van der Waals surface area contributed by atoms with Gasteiger partial charge in [0.05, 0.1) is 17.3 Å². The molecule has 0 aliphatic heterocycles. The van der Waals surface area contributed by atoms with Gasteiger partial charge in [0.2, 0.25) is 5.56 Å². The molecule has 0 saturated carbocycles. The van der Waals surface area contributed by atoms with Gasteiger partial charge < -0.3 is 9.88 Å². The third-order valence-electron chi connectivity index (χ3n) is 3.68. The fraction of sp³-hybridized carbons (Fsp3) is 0.167. The fourth-order valence-electron chi connectivity index (χ4n) is 2.41. The Labute approximate surface area is 143 Å². The predicted octanol–water partition coefficient (Wildman–Crippen LogP) is 2.56. The molecule has 0 unspecified atom stereocenters. The Hall–Kier alpha value is -2.73. The highest BCUT2D eigenvalue weighted by Gasteiger charge is 2.18. The van der Waals surface area contributed by atoms with E-state index >= 15 is 0 Å². The Morgan fingerprint density at radius 2 is 2.12 bits per heavy atom. The molecule has 6 heteroatoms. The lowest BCUT2D eigenvalue weighted by Crippen LogP contribution is -2.31. The summed E-state index contributed by atoms with van der Waals surface area (Å²) in [6.07, 6.45) is 3.93. The SMILES string of the molecule is Cn1cc(C(=O)N[C@@H](Cc2cccs2)c2ccccn2)ccc1=O. The van der Waals surface area contributed by atoms with E-state index in [2.05, 4.69) is 10.3 Å². The first-order chi connectivity index (χ1) is 11.6. The molecule has 3 aromatic rings. The second kappa shape index (κ2) is 7.23. The molecule has 1 amide bonds. The lowest BCUT2D eigenvalue weighted by molar-refractivity contribution is 0.0935. The van der Waals surface area contributed by atoms with Crippen molar-refractivity contribution in [2.75, 3.05) is 0 Å². The van der Waals surface area contributed by atoms with Crippen LogP contribution in [0.2, 0.25) is 0 Å². The summed E-state index contributed by atoms with van der Waals surface area (Å²) >= 11 is 1.65. The van der Waals surface area contributed by atoms with Crippen LogP contribution in [0, 0.1) is 0 Å². The summed E-state index contributed by atoms with van der Waals surface area (Å²) in [5, 5.41) is 5.04. The van der Waals surface area contributed by atoms with Gasteiger partial charge in [-0.2, -0.15) is 0 Å². The van der Waals surface area contributed by atoms with E-state index in [0.717, 1.165) is 5.69 Å². The third kappa shape index (κ3) is 3.78. The van der Waals surface area contributed by atoms with Crippen LogP contribution in [0.5, 0.6) is 0 Å². The number of carbonyl (C=O) groups excluding carboxylic acids is 1. The Balaban J connectivity index is 1.84. The van der Waals surface area contributed by atoms with Crippen molar-refractivity contribution < 1.29 is 4.79 Å². The highest BCUT2D eigenvalue weighted by molar-refractivity contribution is 7.09. The standard InChI is InChI=1S/C18H17N3O2S/c1-21-12-13(7-8-17(21)22)18(23)20-16(11-14-5-4-10-24-14)15-6-2-3-9-19-15/h2-10,12,16H,11H2,1H3,(H,20,23)/t16-/m0/s1. The fourth-order valence-corrected chi connectivity index (χ4v) is 3.16. The number of carbonyl (C=O) groups is 1. The lowest BCUT2D eigenvalue weighted by Gasteiger charge is -2.18. The monoisotopic (exact) mass is 339 g/mol. The molecule has 0 aliphatic carbocycles. The average Bonchev–Trinajstić information content (AvgIpc) is 3.10. The van der Waals surface area contributed by atoms with Gasteiger partial charge in [0.25, 0.3) is 5.91 Å². The molecule has 122 valence electrons. The summed E-state index contributed by atoms with van der Waals surface area (Å²) in [6.45, 7) is 0. The molecule has 3 heterocycles. The first-order valence-corrected chi connectivity index (χ1v) is 8.42. The van der Waals surface area contributed by atoms with Crippen molar-refractivity contribution in [3.05, 3.63) is 86.7 Å².